The van der Waals surface area contributed by atoms with E-state index in [2.05, 4.69) is 46.8 Å². The van der Waals surface area contributed by atoms with Crippen molar-refractivity contribution >= 4 is 33.7 Å². The Morgan fingerprint density at radius 1 is 1.45 bits per heavy atom. The number of benzene rings is 1. The van der Waals surface area contributed by atoms with Gasteiger partial charge in [0.25, 0.3) is 0 Å². The van der Waals surface area contributed by atoms with Gasteiger partial charge in [0, 0.05) is 28.3 Å². The van der Waals surface area contributed by atoms with E-state index in [4.69, 9.17) is 4.74 Å². The number of anilines is 1. The quantitative estimate of drug-likeness (QED) is 0.780. The van der Waals surface area contributed by atoms with Gasteiger partial charge in [-0.3, -0.25) is 0 Å². The van der Waals surface area contributed by atoms with Crippen LogP contribution in [0.15, 0.2) is 28.2 Å². The molecule has 0 fully saturated rings. The highest BCUT2D eigenvalue weighted by Gasteiger charge is 2.21. The van der Waals surface area contributed by atoms with E-state index in [-0.39, 0.29) is 5.97 Å². The van der Waals surface area contributed by atoms with Crippen LogP contribution in [0.25, 0.3) is 6.08 Å². The summed E-state index contributed by atoms with van der Waals surface area (Å²) >= 11 is 3.50. The van der Waals surface area contributed by atoms with E-state index in [0.29, 0.717) is 19.1 Å². The van der Waals surface area contributed by atoms with Gasteiger partial charge in [-0.15, -0.1) is 0 Å². The van der Waals surface area contributed by atoms with Crippen LogP contribution in [0.4, 0.5) is 5.69 Å². The number of hydrogen-bond donors (Lipinski definition) is 0. The van der Waals surface area contributed by atoms with E-state index in [1.54, 1.807) is 0 Å². The van der Waals surface area contributed by atoms with Crippen molar-refractivity contribution in [2.24, 2.45) is 0 Å². The molecular formula is C16H20BrNO2. The van der Waals surface area contributed by atoms with Crippen LogP contribution in [0.5, 0.6) is 0 Å². The summed E-state index contributed by atoms with van der Waals surface area (Å²) in [7, 11) is 0. The van der Waals surface area contributed by atoms with Gasteiger partial charge in [0.1, 0.15) is 0 Å². The molecule has 0 bridgehead atoms. The number of rotatable bonds is 3. The minimum Gasteiger partial charge on any atom is -0.463 e. The van der Waals surface area contributed by atoms with Crippen molar-refractivity contribution < 1.29 is 9.53 Å². The van der Waals surface area contributed by atoms with Crippen molar-refractivity contribution in [3.8, 4) is 0 Å². The van der Waals surface area contributed by atoms with Crippen LogP contribution < -0.4 is 4.90 Å². The zero-order valence-corrected chi connectivity index (χ0v) is 13.7. The van der Waals surface area contributed by atoms with Crippen molar-refractivity contribution in [1.82, 2.24) is 0 Å². The van der Waals surface area contributed by atoms with E-state index >= 15 is 0 Å². The van der Waals surface area contributed by atoms with Gasteiger partial charge in [0.2, 0.25) is 0 Å². The number of esters is 1. The molecule has 2 rings (SSSR count). The van der Waals surface area contributed by atoms with Gasteiger partial charge in [0.05, 0.1) is 6.61 Å². The predicted molar refractivity (Wildman–Crippen MR) is 85.9 cm³/mol. The molecule has 0 saturated heterocycles. The van der Waals surface area contributed by atoms with Crippen molar-refractivity contribution in [1.29, 1.82) is 0 Å². The van der Waals surface area contributed by atoms with Crippen LogP contribution in [-0.2, 0) is 9.53 Å². The Balaban J connectivity index is 2.43. The number of nitrogens with zero attached hydrogens (tertiary/aromatic N) is 1. The van der Waals surface area contributed by atoms with Crippen molar-refractivity contribution in [3.05, 3.63) is 33.8 Å². The number of fused-ring (bicyclic) bond motifs is 1. The molecule has 1 aliphatic rings. The molecule has 1 aromatic carbocycles. The van der Waals surface area contributed by atoms with Gasteiger partial charge in [-0.2, -0.15) is 0 Å². The lowest BCUT2D eigenvalue weighted by Crippen LogP contribution is -2.32. The van der Waals surface area contributed by atoms with Crippen LogP contribution in [0.3, 0.4) is 0 Å². The Morgan fingerprint density at radius 3 is 2.85 bits per heavy atom. The fourth-order valence-electron chi connectivity index (χ4n) is 2.44. The highest BCUT2D eigenvalue weighted by molar-refractivity contribution is 9.10. The zero-order valence-electron chi connectivity index (χ0n) is 12.1. The lowest BCUT2D eigenvalue weighted by atomic mass is 10.1. The predicted octanol–water partition coefficient (Wildman–Crippen LogP) is 4.01. The largest absolute Gasteiger partial charge is 0.463 e. The molecule has 108 valence electrons. The van der Waals surface area contributed by atoms with Crippen LogP contribution in [0, 0.1) is 0 Å². The molecule has 0 N–H and O–H groups in total. The summed E-state index contributed by atoms with van der Waals surface area (Å²) in [6, 6.07) is 6.58. The molecule has 1 aliphatic heterocycles. The molecular weight excluding hydrogens is 318 g/mol. The maximum atomic E-state index is 12.0. The fourth-order valence-corrected chi connectivity index (χ4v) is 2.82. The molecule has 0 spiro atoms. The Morgan fingerprint density at radius 2 is 2.20 bits per heavy atom. The highest BCUT2D eigenvalue weighted by atomic mass is 79.9. The first-order valence-corrected chi connectivity index (χ1v) is 7.76. The summed E-state index contributed by atoms with van der Waals surface area (Å²) in [5, 5.41) is 0. The zero-order chi connectivity index (χ0) is 14.7. The smallest absolute Gasteiger partial charge is 0.334 e. The number of carbonyl (C=O) groups is 1. The Labute approximate surface area is 128 Å². The molecule has 1 aromatic rings. The van der Waals surface area contributed by atoms with Gasteiger partial charge in [-0.1, -0.05) is 15.9 Å². The average molecular weight is 338 g/mol. The van der Waals surface area contributed by atoms with E-state index in [1.807, 2.05) is 19.1 Å². The second-order valence-corrected chi connectivity index (χ2v) is 6.05. The molecule has 0 unspecified atom stereocenters. The lowest BCUT2D eigenvalue weighted by molar-refractivity contribution is -0.138. The Kier molecular flexibility index (Phi) is 4.86. The monoisotopic (exact) mass is 337 g/mol. The minimum absolute atomic E-state index is 0.205. The van der Waals surface area contributed by atoms with Crippen LogP contribution in [0.1, 0.15) is 32.8 Å². The van der Waals surface area contributed by atoms with E-state index < -0.39 is 0 Å². The minimum atomic E-state index is -0.205. The van der Waals surface area contributed by atoms with Crippen LogP contribution in [-0.4, -0.2) is 25.2 Å². The second-order valence-electron chi connectivity index (χ2n) is 5.13. The topological polar surface area (TPSA) is 29.5 Å². The first kappa shape index (κ1) is 15.1. The molecule has 1 heterocycles. The van der Waals surface area contributed by atoms with Crippen molar-refractivity contribution in [3.63, 3.8) is 0 Å². The molecule has 0 aliphatic carbocycles. The van der Waals surface area contributed by atoms with E-state index in [0.717, 1.165) is 22.2 Å². The maximum Gasteiger partial charge on any atom is 0.334 e. The second kappa shape index (κ2) is 6.44. The number of carbonyl (C=O) groups excluding carboxylic acids is 1. The third-order valence-corrected chi connectivity index (χ3v) is 3.91. The van der Waals surface area contributed by atoms with Crippen molar-refractivity contribution in [2.45, 2.75) is 33.2 Å². The summed E-state index contributed by atoms with van der Waals surface area (Å²) < 4.78 is 6.16. The number of halogens is 1. The fraction of sp³-hybridized carbons (Fsp3) is 0.438. The average Bonchev–Trinajstić information content (AvgIpc) is 2.57. The molecule has 0 aromatic heterocycles. The maximum absolute atomic E-state index is 12.0. The molecule has 3 nitrogen and oxygen atoms in total. The first-order chi connectivity index (χ1) is 9.52. The normalized spacial score (nSPS) is 14.7. The summed E-state index contributed by atoms with van der Waals surface area (Å²) in [4.78, 5) is 14.3. The van der Waals surface area contributed by atoms with Crippen LogP contribution in [0.2, 0.25) is 0 Å². The third-order valence-electron chi connectivity index (χ3n) is 3.41. The number of hydrogen-bond acceptors (Lipinski definition) is 3. The standard InChI is InChI=1S/C16H20BrNO2/c1-4-20-16(19)12-7-8-18(11(2)3)15-6-5-14(17)10-13(15)9-12/h5-6,9-11H,4,7-8H2,1-3H3. The summed E-state index contributed by atoms with van der Waals surface area (Å²) in [5.41, 5.74) is 2.98. The summed E-state index contributed by atoms with van der Waals surface area (Å²) in [6.45, 7) is 7.41. The molecule has 0 atom stereocenters. The van der Waals surface area contributed by atoms with Gasteiger partial charge in [-0.25, -0.2) is 4.79 Å². The van der Waals surface area contributed by atoms with Gasteiger partial charge in [0.15, 0.2) is 0 Å². The molecule has 0 radical (unpaired) electrons. The molecule has 20 heavy (non-hydrogen) atoms. The molecule has 0 saturated carbocycles. The highest BCUT2D eigenvalue weighted by Crippen LogP contribution is 2.32. The third kappa shape index (κ3) is 3.23. The van der Waals surface area contributed by atoms with Gasteiger partial charge >= 0.3 is 5.97 Å². The Hall–Kier alpha value is -1.29. The first-order valence-electron chi connectivity index (χ1n) is 6.96. The molecule has 4 heteroatoms. The van der Waals surface area contributed by atoms with Gasteiger partial charge < -0.3 is 9.64 Å². The van der Waals surface area contributed by atoms with Crippen molar-refractivity contribution in [2.75, 3.05) is 18.1 Å². The number of ether oxygens (including phenoxy) is 1. The summed E-state index contributed by atoms with van der Waals surface area (Å²) in [6.07, 6.45) is 2.67. The van der Waals surface area contributed by atoms with E-state index in [9.17, 15) is 4.79 Å². The van der Waals surface area contributed by atoms with Crippen LogP contribution >= 0.6 is 15.9 Å². The lowest BCUT2D eigenvalue weighted by Gasteiger charge is -2.29. The van der Waals surface area contributed by atoms with Gasteiger partial charge in [-0.05, 0) is 57.0 Å². The summed E-state index contributed by atoms with van der Waals surface area (Å²) in [5.74, 6) is -0.205. The molecule has 0 amide bonds. The van der Waals surface area contributed by atoms with E-state index in [1.165, 1.54) is 5.69 Å². The SMILES string of the molecule is CCOC(=O)C1=Cc2cc(Br)ccc2N(C(C)C)CC1. The Bertz CT molecular complexity index is 537.